The predicted molar refractivity (Wildman–Crippen MR) is 108 cm³/mol. The van der Waals surface area contributed by atoms with E-state index in [0.717, 1.165) is 22.3 Å². The lowest BCUT2D eigenvalue weighted by Gasteiger charge is -2.26. The lowest BCUT2D eigenvalue weighted by molar-refractivity contribution is -0.129. The highest BCUT2D eigenvalue weighted by atomic mass is 16.2. The molecule has 3 aromatic carbocycles. The Morgan fingerprint density at radius 2 is 1.52 bits per heavy atom. The normalized spacial score (nSPS) is 19.3. The number of rotatable bonds is 3. The van der Waals surface area contributed by atoms with E-state index >= 15 is 0 Å². The van der Waals surface area contributed by atoms with Crippen molar-refractivity contribution in [3.8, 4) is 11.1 Å². The molecule has 1 unspecified atom stereocenters. The van der Waals surface area contributed by atoms with Gasteiger partial charge in [-0.05, 0) is 35.2 Å². The molecule has 0 spiro atoms. The van der Waals surface area contributed by atoms with Crippen LogP contribution in [0.4, 0.5) is 0 Å². The van der Waals surface area contributed by atoms with Gasteiger partial charge in [-0.3, -0.25) is 9.69 Å². The zero-order valence-corrected chi connectivity index (χ0v) is 15.4. The Kier molecular flexibility index (Phi) is 4.04. The van der Waals surface area contributed by atoms with Crippen LogP contribution in [-0.4, -0.2) is 23.8 Å². The molecular weight excluding hydrogens is 334 g/mol. The smallest absolute Gasteiger partial charge is 0.266 e. The number of nitrogens with two attached hydrogens (primary N) is 1. The summed E-state index contributed by atoms with van der Waals surface area (Å²) in [5, 5.41) is 0. The fraction of sp³-hybridized carbons (Fsp3) is 0.130. The third kappa shape index (κ3) is 2.70. The van der Waals surface area contributed by atoms with Crippen molar-refractivity contribution >= 4 is 11.9 Å². The van der Waals surface area contributed by atoms with Crippen LogP contribution in [0.3, 0.4) is 0 Å². The van der Waals surface area contributed by atoms with Gasteiger partial charge in [-0.15, -0.1) is 0 Å². The molecule has 1 heterocycles. The van der Waals surface area contributed by atoms with Gasteiger partial charge in [0.05, 0.1) is 0 Å². The Hall–Kier alpha value is -3.40. The number of hydrogen-bond acceptors (Lipinski definition) is 3. The summed E-state index contributed by atoms with van der Waals surface area (Å²) in [7, 11) is 1.66. The summed E-state index contributed by atoms with van der Waals surface area (Å²) in [6, 6.07) is 25.9. The molecule has 134 valence electrons. The van der Waals surface area contributed by atoms with E-state index in [1.54, 1.807) is 7.05 Å². The van der Waals surface area contributed by atoms with Crippen LogP contribution < -0.4 is 5.73 Å². The summed E-state index contributed by atoms with van der Waals surface area (Å²) in [5.41, 5.74) is 9.85. The van der Waals surface area contributed by atoms with Gasteiger partial charge >= 0.3 is 0 Å². The second-order valence-corrected chi connectivity index (χ2v) is 6.86. The van der Waals surface area contributed by atoms with E-state index in [1.165, 1.54) is 10.5 Å². The van der Waals surface area contributed by atoms with Crippen LogP contribution in [-0.2, 0) is 10.3 Å². The molecule has 0 saturated carbocycles. The van der Waals surface area contributed by atoms with Crippen molar-refractivity contribution in [1.29, 1.82) is 0 Å². The predicted octanol–water partition coefficient (Wildman–Crippen LogP) is 3.69. The zero-order chi connectivity index (χ0) is 19.0. The molecule has 4 rings (SSSR count). The first-order valence-corrected chi connectivity index (χ1v) is 8.89. The largest absolute Gasteiger partial charge is 0.369 e. The maximum atomic E-state index is 13.3. The first-order chi connectivity index (χ1) is 13.0. The topological polar surface area (TPSA) is 58.7 Å². The average Bonchev–Trinajstić information content (AvgIpc) is 2.94. The number of carbonyl (C=O) groups excluding carboxylic acids is 1. The SMILES string of the molecule is Cc1ccc(-c2cccc(C3(c4ccccc4)N=C(N)N(C)C3=O)c2)cc1. The lowest BCUT2D eigenvalue weighted by Crippen LogP contribution is -2.41. The lowest BCUT2D eigenvalue weighted by atomic mass is 9.82. The Bertz CT molecular complexity index is 1030. The Balaban J connectivity index is 1.92. The van der Waals surface area contributed by atoms with Gasteiger partial charge in [0.25, 0.3) is 5.91 Å². The third-order valence-corrected chi connectivity index (χ3v) is 5.10. The Morgan fingerprint density at radius 1 is 0.852 bits per heavy atom. The Labute approximate surface area is 159 Å². The fourth-order valence-corrected chi connectivity index (χ4v) is 3.53. The van der Waals surface area contributed by atoms with Crippen molar-refractivity contribution < 1.29 is 4.79 Å². The summed E-state index contributed by atoms with van der Waals surface area (Å²) >= 11 is 0. The third-order valence-electron chi connectivity index (χ3n) is 5.10. The molecular formula is C23H21N3O. The van der Waals surface area contributed by atoms with Crippen LogP contribution in [0, 0.1) is 6.92 Å². The summed E-state index contributed by atoms with van der Waals surface area (Å²) in [6.45, 7) is 2.06. The van der Waals surface area contributed by atoms with Crippen molar-refractivity contribution in [2.24, 2.45) is 10.7 Å². The standard InChI is InChI=1S/C23H21N3O/c1-16-11-13-17(14-12-16)18-7-6-10-20(15-18)23(19-8-4-3-5-9-19)21(27)26(2)22(24)25-23/h3-15H,1-2H3,(H2,24,25). The minimum absolute atomic E-state index is 0.146. The van der Waals surface area contributed by atoms with Gasteiger partial charge < -0.3 is 5.73 Å². The van der Waals surface area contributed by atoms with Crippen LogP contribution in [0.15, 0.2) is 83.9 Å². The van der Waals surface area contributed by atoms with E-state index in [0.29, 0.717) is 0 Å². The number of guanidine groups is 1. The number of aliphatic imine (C=N–C) groups is 1. The second kappa shape index (κ2) is 6.40. The van der Waals surface area contributed by atoms with E-state index in [4.69, 9.17) is 5.73 Å². The summed E-state index contributed by atoms with van der Waals surface area (Å²) < 4.78 is 0. The highest BCUT2D eigenvalue weighted by molar-refractivity contribution is 6.09. The van der Waals surface area contributed by atoms with Crippen molar-refractivity contribution in [1.82, 2.24) is 4.90 Å². The van der Waals surface area contributed by atoms with E-state index in [9.17, 15) is 4.79 Å². The Morgan fingerprint density at radius 3 is 2.15 bits per heavy atom. The average molecular weight is 355 g/mol. The van der Waals surface area contributed by atoms with Crippen molar-refractivity contribution in [2.45, 2.75) is 12.5 Å². The van der Waals surface area contributed by atoms with Crippen LogP contribution >= 0.6 is 0 Å². The van der Waals surface area contributed by atoms with Gasteiger partial charge in [0.1, 0.15) is 0 Å². The van der Waals surface area contributed by atoms with Crippen LogP contribution in [0.25, 0.3) is 11.1 Å². The van der Waals surface area contributed by atoms with Crippen LogP contribution in [0.5, 0.6) is 0 Å². The van der Waals surface area contributed by atoms with Gasteiger partial charge in [0.15, 0.2) is 11.5 Å². The molecule has 4 nitrogen and oxygen atoms in total. The summed E-state index contributed by atoms with van der Waals surface area (Å²) in [4.78, 5) is 19.3. The maximum absolute atomic E-state index is 13.3. The van der Waals surface area contributed by atoms with E-state index in [2.05, 4.69) is 36.2 Å². The minimum atomic E-state index is -1.15. The molecule has 0 saturated heterocycles. The molecule has 0 fully saturated rings. The first kappa shape index (κ1) is 17.0. The summed E-state index contributed by atoms with van der Waals surface area (Å²) in [6.07, 6.45) is 0. The fourth-order valence-electron chi connectivity index (χ4n) is 3.53. The van der Waals surface area contributed by atoms with Crippen molar-refractivity contribution in [3.63, 3.8) is 0 Å². The molecule has 4 heteroatoms. The first-order valence-electron chi connectivity index (χ1n) is 8.89. The number of benzene rings is 3. The molecule has 3 aromatic rings. The van der Waals surface area contributed by atoms with E-state index in [-0.39, 0.29) is 11.9 Å². The number of likely N-dealkylation sites (N-methyl/N-ethyl adjacent to an activating group) is 1. The van der Waals surface area contributed by atoms with E-state index < -0.39 is 5.54 Å². The minimum Gasteiger partial charge on any atom is -0.369 e. The number of hydrogen-bond donors (Lipinski definition) is 1. The molecule has 0 aliphatic carbocycles. The molecule has 27 heavy (non-hydrogen) atoms. The monoisotopic (exact) mass is 355 g/mol. The van der Waals surface area contributed by atoms with Crippen molar-refractivity contribution in [3.05, 3.63) is 95.6 Å². The van der Waals surface area contributed by atoms with Gasteiger partial charge in [0.2, 0.25) is 0 Å². The number of carbonyl (C=O) groups is 1. The molecule has 0 aromatic heterocycles. The van der Waals surface area contributed by atoms with Crippen LogP contribution in [0.2, 0.25) is 0 Å². The second-order valence-electron chi connectivity index (χ2n) is 6.86. The zero-order valence-electron chi connectivity index (χ0n) is 15.4. The number of nitrogens with zero attached hydrogens (tertiary/aromatic N) is 2. The van der Waals surface area contributed by atoms with Crippen LogP contribution in [0.1, 0.15) is 16.7 Å². The quantitative estimate of drug-likeness (QED) is 0.779. The van der Waals surface area contributed by atoms with Crippen molar-refractivity contribution in [2.75, 3.05) is 7.05 Å². The molecule has 0 radical (unpaired) electrons. The molecule has 1 amide bonds. The summed E-state index contributed by atoms with van der Waals surface area (Å²) in [5.74, 6) is 0.0804. The number of aryl methyl sites for hydroxylation is 1. The van der Waals surface area contributed by atoms with Gasteiger partial charge in [-0.25, -0.2) is 4.99 Å². The van der Waals surface area contributed by atoms with Gasteiger partial charge in [-0.2, -0.15) is 0 Å². The highest BCUT2D eigenvalue weighted by Gasteiger charge is 2.49. The number of amides is 1. The van der Waals surface area contributed by atoms with Gasteiger partial charge in [0, 0.05) is 7.05 Å². The van der Waals surface area contributed by atoms with E-state index in [1.807, 2.05) is 54.6 Å². The molecule has 2 N–H and O–H groups in total. The molecule has 1 atom stereocenters. The molecule has 0 bridgehead atoms. The molecule has 1 aliphatic rings. The molecule has 1 aliphatic heterocycles. The maximum Gasteiger partial charge on any atom is 0.266 e. The van der Waals surface area contributed by atoms with Gasteiger partial charge in [-0.1, -0.05) is 78.4 Å². The highest BCUT2D eigenvalue weighted by Crippen LogP contribution is 2.40.